The molecule has 2 atom stereocenters. The van der Waals surface area contributed by atoms with Gasteiger partial charge in [0.25, 0.3) is 0 Å². The molecule has 1 aromatic rings. The quantitative estimate of drug-likeness (QED) is 0.906. The Labute approximate surface area is 103 Å². The maximum absolute atomic E-state index is 6.23. The van der Waals surface area contributed by atoms with Crippen molar-refractivity contribution in [2.45, 2.75) is 37.4 Å². The van der Waals surface area contributed by atoms with Crippen LogP contribution >= 0.6 is 27.3 Å². The minimum atomic E-state index is 0.330. The first-order chi connectivity index (χ1) is 7.25. The second-order valence-corrected chi connectivity index (χ2v) is 7.00. The van der Waals surface area contributed by atoms with Crippen LogP contribution in [-0.2, 0) is 0 Å². The van der Waals surface area contributed by atoms with E-state index < -0.39 is 0 Å². The van der Waals surface area contributed by atoms with Gasteiger partial charge < -0.3 is 5.73 Å². The molecule has 2 unspecified atom stereocenters. The Bertz CT molecular complexity index is 361. The van der Waals surface area contributed by atoms with Crippen LogP contribution < -0.4 is 5.73 Å². The lowest BCUT2D eigenvalue weighted by Gasteiger charge is -2.25. The second kappa shape index (κ2) is 3.84. The van der Waals surface area contributed by atoms with Crippen LogP contribution in [0.3, 0.4) is 0 Å². The van der Waals surface area contributed by atoms with Crippen molar-refractivity contribution in [3.05, 3.63) is 20.8 Å². The van der Waals surface area contributed by atoms with E-state index in [4.69, 9.17) is 5.73 Å². The van der Waals surface area contributed by atoms with Crippen molar-refractivity contribution in [3.8, 4) is 0 Å². The molecule has 0 radical (unpaired) electrons. The van der Waals surface area contributed by atoms with Gasteiger partial charge in [0, 0.05) is 23.5 Å². The maximum atomic E-state index is 6.23. The first-order valence-electron chi connectivity index (χ1n) is 5.52. The summed E-state index contributed by atoms with van der Waals surface area (Å²) < 4.78 is 1.22. The van der Waals surface area contributed by atoms with Gasteiger partial charge in [-0.1, -0.05) is 0 Å². The smallest absolute Gasteiger partial charge is 0.0702 e. The molecular formula is C11H15BrN2S. The number of rotatable bonds is 2. The van der Waals surface area contributed by atoms with E-state index in [1.807, 2.05) is 11.3 Å². The molecule has 2 heterocycles. The minimum Gasteiger partial charge on any atom is -0.326 e. The largest absolute Gasteiger partial charge is 0.326 e. The van der Waals surface area contributed by atoms with E-state index >= 15 is 0 Å². The molecule has 1 aliphatic carbocycles. The third-order valence-electron chi connectivity index (χ3n) is 3.38. The molecule has 15 heavy (non-hydrogen) atoms. The van der Waals surface area contributed by atoms with Crippen LogP contribution in [0.5, 0.6) is 0 Å². The highest BCUT2D eigenvalue weighted by Gasteiger charge is 2.41. The first kappa shape index (κ1) is 10.3. The Morgan fingerprint density at radius 3 is 2.73 bits per heavy atom. The van der Waals surface area contributed by atoms with Crippen LogP contribution in [0.4, 0.5) is 0 Å². The molecule has 4 heteroatoms. The summed E-state index contributed by atoms with van der Waals surface area (Å²) in [4.78, 5) is 4.04. The lowest BCUT2D eigenvalue weighted by atomic mass is 10.1. The summed E-state index contributed by atoms with van der Waals surface area (Å²) in [6, 6.07) is 5.99. The highest BCUT2D eigenvalue weighted by Crippen LogP contribution is 2.42. The van der Waals surface area contributed by atoms with Gasteiger partial charge in [-0.3, -0.25) is 4.90 Å². The van der Waals surface area contributed by atoms with E-state index in [0.29, 0.717) is 12.1 Å². The fourth-order valence-electron chi connectivity index (χ4n) is 2.52. The van der Waals surface area contributed by atoms with Gasteiger partial charge in [-0.2, -0.15) is 0 Å². The third-order valence-corrected chi connectivity index (χ3v) is 5.08. The molecule has 2 nitrogen and oxygen atoms in total. The summed E-state index contributed by atoms with van der Waals surface area (Å²) in [7, 11) is 0. The number of hydrogen-bond acceptors (Lipinski definition) is 3. The highest BCUT2D eigenvalue weighted by molar-refractivity contribution is 9.11. The molecule has 0 spiro atoms. The molecule has 82 valence electrons. The van der Waals surface area contributed by atoms with Crippen molar-refractivity contribution in [2.24, 2.45) is 5.73 Å². The van der Waals surface area contributed by atoms with Gasteiger partial charge >= 0.3 is 0 Å². The summed E-state index contributed by atoms with van der Waals surface area (Å²) in [5.41, 5.74) is 6.23. The number of halogens is 1. The van der Waals surface area contributed by atoms with Gasteiger partial charge in [0.1, 0.15) is 0 Å². The van der Waals surface area contributed by atoms with Gasteiger partial charge in [-0.25, -0.2) is 0 Å². The summed E-state index contributed by atoms with van der Waals surface area (Å²) in [6.45, 7) is 1.19. The minimum absolute atomic E-state index is 0.330. The number of hydrogen-bond donors (Lipinski definition) is 1. The Morgan fingerprint density at radius 2 is 2.13 bits per heavy atom. The van der Waals surface area contributed by atoms with Crippen molar-refractivity contribution < 1.29 is 0 Å². The van der Waals surface area contributed by atoms with Crippen molar-refractivity contribution in [2.75, 3.05) is 6.54 Å². The molecule has 2 fully saturated rings. The summed E-state index contributed by atoms with van der Waals surface area (Å²) >= 11 is 5.36. The zero-order valence-corrected chi connectivity index (χ0v) is 10.9. The van der Waals surface area contributed by atoms with Crippen LogP contribution in [-0.4, -0.2) is 23.5 Å². The van der Waals surface area contributed by atoms with E-state index in [2.05, 4.69) is 33.0 Å². The maximum Gasteiger partial charge on any atom is 0.0702 e. The lowest BCUT2D eigenvalue weighted by molar-refractivity contribution is 0.240. The van der Waals surface area contributed by atoms with Gasteiger partial charge in [-0.15, -0.1) is 11.3 Å². The molecule has 1 aromatic heterocycles. The Hall–Kier alpha value is 0.1000. The highest BCUT2D eigenvalue weighted by atomic mass is 79.9. The summed E-state index contributed by atoms with van der Waals surface area (Å²) in [6.07, 6.45) is 3.89. The Morgan fingerprint density at radius 1 is 1.33 bits per heavy atom. The first-order valence-corrected chi connectivity index (χ1v) is 7.13. The second-order valence-electron chi connectivity index (χ2n) is 4.51. The van der Waals surface area contributed by atoms with Crippen LogP contribution in [0.15, 0.2) is 15.9 Å². The Kier molecular flexibility index (Phi) is 2.63. The van der Waals surface area contributed by atoms with Crippen molar-refractivity contribution in [1.82, 2.24) is 4.90 Å². The zero-order valence-electron chi connectivity index (χ0n) is 8.53. The van der Waals surface area contributed by atoms with Crippen LogP contribution in [0.25, 0.3) is 0 Å². The average Bonchev–Trinajstić information content (AvgIpc) is 2.86. The molecular weight excluding hydrogens is 272 g/mol. The van der Waals surface area contributed by atoms with E-state index in [1.165, 1.54) is 28.0 Å². The molecule has 1 saturated heterocycles. The predicted octanol–water partition coefficient (Wildman–Crippen LogP) is 2.75. The zero-order chi connectivity index (χ0) is 10.4. The summed E-state index contributed by atoms with van der Waals surface area (Å²) in [5.74, 6) is 0. The van der Waals surface area contributed by atoms with Crippen molar-refractivity contribution in [3.63, 3.8) is 0 Å². The molecule has 2 aliphatic rings. The van der Waals surface area contributed by atoms with E-state index in [1.54, 1.807) is 0 Å². The monoisotopic (exact) mass is 286 g/mol. The lowest BCUT2D eigenvalue weighted by Crippen LogP contribution is -2.32. The number of likely N-dealkylation sites (tertiary alicyclic amines) is 1. The van der Waals surface area contributed by atoms with Gasteiger partial charge in [-0.05, 0) is 47.3 Å². The van der Waals surface area contributed by atoms with E-state index in [-0.39, 0.29) is 0 Å². The standard InChI is InChI=1S/C11H15BrN2S/c12-10-4-3-9(15-10)11-8(13)5-6-14(11)7-1-2-7/h3-4,7-8,11H,1-2,5-6,13H2. The molecule has 0 amide bonds. The van der Waals surface area contributed by atoms with Crippen LogP contribution in [0.2, 0.25) is 0 Å². The fourth-order valence-corrected chi connectivity index (χ4v) is 4.14. The SMILES string of the molecule is NC1CCN(C2CC2)C1c1ccc(Br)s1. The fraction of sp³-hybridized carbons (Fsp3) is 0.636. The Balaban J connectivity index is 1.87. The van der Waals surface area contributed by atoms with Crippen LogP contribution in [0, 0.1) is 0 Å². The van der Waals surface area contributed by atoms with Gasteiger partial charge in [0.05, 0.1) is 9.83 Å². The molecule has 1 aliphatic heterocycles. The van der Waals surface area contributed by atoms with Gasteiger partial charge in [0.2, 0.25) is 0 Å². The normalized spacial score (nSPS) is 32.4. The summed E-state index contributed by atoms with van der Waals surface area (Å²) in [5, 5.41) is 0. The molecule has 2 N–H and O–H groups in total. The van der Waals surface area contributed by atoms with Crippen molar-refractivity contribution in [1.29, 1.82) is 0 Å². The van der Waals surface area contributed by atoms with Crippen molar-refractivity contribution >= 4 is 27.3 Å². The predicted molar refractivity (Wildman–Crippen MR) is 67.1 cm³/mol. The topological polar surface area (TPSA) is 29.3 Å². The average molecular weight is 287 g/mol. The third kappa shape index (κ3) is 1.88. The van der Waals surface area contributed by atoms with E-state index in [9.17, 15) is 0 Å². The van der Waals surface area contributed by atoms with Crippen LogP contribution in [0.1, 0.15) is 30.2 Å². The number of nitrogens with zero attached hydrogens (tertiary/aromatic N) is 1. The number of thiophene rings is 1. The molecule has 0 aromatic carbocycles. The number of nitrogens with two attached hydrogens (primary N) is 1. The molecule has 0 bridgehead atoms. The van der Waals surface area contributed by atoms with Gasteiger partial charge in [0.15, 0.2) is 0 Å². The molecule has 3 rings (SSSR count). The molecule has 1 saturated carbocycles. The van der Waals surface area contributed by atoms with E-state index in [0.717, 1.165) is 12.5 Å².